The third-order valence-electron chi connectivity index (χ3n) is 6.09. The van der Waals surface area contributed by atoms with Crippen LogP contribution in [0.3, 0.4) is 0 Å². The molecule has 2 unspecified atom stereocenters. The van der Waals surface area contributed by atoms with Crippen LogP contribution in [-0.4, -0.2) is 52.2 Å². The highest BCUT2D eigenvalue weighted by atomic mass is 16.5. The largest absolute Gasteiger partial charge is 0.368 e. The van der Waals surface area contributed by atoms with Gasteiger partial charge in [0.25, 0.3) is 5.91 Å². The molecule has 2 atom stereocenters. The molecule has 1 spiro atoms. The molecular formula is C18H28N4O2. The van der Waals surface area contributed by atoms with E-state index in [2.05, 4.69) is 15.2 Å². The highest BCUT2D eigenvalue weighted by Crippen LogP contribution is 2.56. The Kier molecular flexibility index (Phi) is 4.35. The number of nitrogens with one attached hydrogen (secondary N) is 1. The van der Waals surface area contributed by atoms with Crippen molar-refractivity contribution in [1.29, 1.82) is 0 Å². The topological polar surface area (TPSA) is 59.4 Å². The number of hydrogen-bond donors (Lipinski definition) is 1. The van der Waals surface area contributed by atoms with E-state index in [1.165, 1.54) is 12.8 Å². The Labute approximate surface area is 143 Å². The molecule has 3 aliphatic rings. The van der Waals surface area contributed by atoms with Crippen LogP contribution in [0, 0.1) is 5.41 Å². The molecule has 1 aliphatic carbocycles. The van der Waals surface area contributed by atoms with E-state index < -0.39 is 0 Å². The van der Waals surface area contributed by atoms with Gasteiger partial charge in [-0.25, -0.2) is 4.98 Å². The van der Waals surface area contributed by atoms with Gasteiger partial charge in [0.15, 0.2) is 0 Å². The van der Waals surface area contributed by atoms with Gasteiger partial charge in [-0.3, -0.25) is 4.79 Å². The second kappa shape index (κ2) is 6.48. The second-order valence-corrected chi connectivity index (χ2v) is 7.61. The van der Waals surface area contributed by atoms with E-state index in [4.69, 9.17) is 4.74 Å². The number of rotatable bonds is 4. The summed E-state index contributed by atoms with van der Waals surface area (Å²) in [5.41, 5.74) is 0.334. The molecule has 1 saturated carbocycles. The molecule has 132 valence electrons. The molecule has 2 aliphatic heterocycles. The summed E-state index contributed by atoms with van der Waals surface area (Å²) >= 11 is 0. The van der Waals surface area contributed by atoms with Crippen molar-refractivity contribution in [2.24, 2.45) is 12.5 Å². The number of carbonyl (C=O) groups excluding carboxylic acids is 1. The first-order chi connectivity index (χ1) is 11.7. The number of ether oxygens (including phenoxy) is 1. The first-order valence-electron chi connectivity index (χ1n) is 9.29. The minimum atomic E-state index is -0.251. The maximum Gasteiger partial charge on any atom is 0.252 e. The molecule has 1 N–H and O–H groups in total. The van der Waals surface area contributed by atoms with Crippen LogP contribution >= 0.6 is 0 Å². The zero-order chi connectivity index (χ0) is 16.6. The summed E-state index contributed by atoms with van der Waals surface area (Å²) in [6, 6.07) is 0.356. The molecule has 3 heterocycles. The van der Waals surface area contributed by atoms with Gasteiger partial charge in [-0.15, -0.1) is 0 Å². The number of amides is 1. The van der Waals surface area contributed by atoms with Crippen LogP contribution in [0.2, 0.25) is 0 Å². The maximum atomic E-state index is 13.2. The number of carbonyl (C=O) groups is 1. The van der Waals surface area contributed by atoms with Crippen LogP contribution in [0.1, 0.15) is 44.3 Å². The number of aromatic nitrogens is 2. The van der Waals surface area contributed by atoms with Gasteiger partial charge in [0.05, 0.1) is 6.54 Å². The van der Waals surface area contributed by atoms with Crippen LogP contribution in [-0.2, 0) is 23.1 Å². The highest BCUT2D eigenvalue weighted by Gasteiger charge is 2.58. The molecule has 3 fully saturated rings. The Bertz CT molecular complexity index is 588. The lowest BCUT2D eigenvalue weighted by molar-refractivity contribution is -0.148. The summed E-state index contributed by atoms with van der Waals surface area (Å²) in [5, 5.41) is 3.44. The molecule has 0 radical (unpaired) electrons. The lowest BCUT2D eigenvalue weighted by atomic mass is 9.93. The van der Waals surface area contributed by atoms with Gasteiger partial charge in [0.1, 0.15) is 11.9 Å². The molecule has 0 aromatic carbocycles. The average Bonchev–Trinajstić information content (AvgIpc) is 3.13. The van der Waals surface area contributed by atoms with Crippen molar-refractivity contribution in [3.05, 3.63) is 18.2 Å². The van der Waals surface area contributed by atoms with Crippen molar-refractivity contribution >= 4 is 5.91 Å². The van der Waals surface area contributed by atoms with Gasteiger partial charge in [-0.05, 0) is 57.0 Å². The normalized spacial score (nSPS) is 28.7. The van der Waals surface area contributed by atoms with Crippen molar-refractivity contribution in [3.8, 4) is 0 Å². The van der Waals surface area contributed by atoms with Crippen molar-refractivity contribution in [2.45, 2.75) is 57.2 Å². The second-order valence-electron chi connectivity index (χ2n) is 7.61. The fraction of sp³-hybridized carbons (Fsp3) is 0.778. The number of aryl methyl sites for hydroxylation is 1. The molecule has 2 saturated heterocycles. The van der Waals surface area contributed by atoms with Crippen LogP contribution in [0.4, 0.5) is 0 Å². The van der Waals surface area contributed by atoms with Gasteiger partial charge >= 0.3 is 0 Å². The lowest BCUT2D eigenvalue weighted by Crippen LogP contribution is -2.45. The Morgan fingerprint density at radius 2 is 2.29 bits per heavy atom. The standard InChI is InChI=1S/C18H28N4O2/c1-21-10-9-20-16(21)13-22(17(23)14-4-2-3-11-24-14)15-12-18(15)5-7-19-8-6-18/h9-10,14-15,19H,2-8,11-13H2,1H3. The molecule has 24 heavy (non-hydrogen) atoms. The van der Waals surface area contributed by atoms with Crippen molar-refractivity contribution < 1.29 is 9.53 Å². The molecule has 6 nitrogen and oxygen atoms in total. The fourth-order valence-corrected chi connectivity index (χ4v) is 4.39. The number of piperidine rings is 1. The molecule has 4 rings (SSSR count). The molecule has 6 heteroatoms. The van der Waals surface area contributed by atoms with E-state index in [0.29, 0.717) is 24.6 Å². The smallest absolute Gasteiger partial charge is 0.252 e. The molecule has 1 aromatic heterocycles. The average molecular weight is 332 g/mol. The summed E-state index contributed by atoms with van der Waals surface area (Å²) in [4.78, 5) is 19.7. The summed E-state index contributed by atoms with van der Waals surface area (Å²) in [6.07, 6.45) is 10.0. The lowest BCUT2D eigenvalue weighted by Gasteiger charge is -2.33. The Balaban J connectivity index is 1.53. The quantitative estimate of drug-likeness (QED) is 0.907. The minimum Gasteiger partial charge on any atom is -0.368 e. The maximum absolute atomic E-state index is 13.2. The van der Waals surface area contributed by atoms with Crippen molar-refractivity contribution in [3.63, 3.8) is 0 Å². The van der Waals surface area contributed by atoms with Gasteiger partial charge in [0.2, 0.25) is 0 Å². The van der Waals surface area contributed by atoms with E-state index in [-0.39, 0.29) is 12.0 Å². The van der Waals surface area contributed by atoms with Gasteiger partial charge in [0, 0.05) is 32.1 Å². The Hall–Kier alpha value is -1.40. The predicted molar refractivity (Wildman–Crippen MR) is 90.3 cm³/mol. The third-order valence-corrected chi connectivity index (χ3v) is 6.09. The van der Waals surface area contributed by atoms with Crippen LogP contribution < -0.4 is 5.32 Å². The van der Waals surface area contributed by atoms with Gasteiger partial charge < -0.3 is 19.5 Å². The summed E-state index contributed by atoms with van der Waals surface area (Å²) in [7, 11) is 2.00. The van der Waals surface area contributed by atoms with Crippen LogP contribution in [0.25, 0.3) is 0 Å². The van der Waals surface area contributed by atoms with Crippen molar-refractivity contribution in [1.82, 2.24) is 19.8 Å². The Morgan fingerprint density at radius 3 is 2.96 bits per heavy atom. The van der Waals surface area contributed by atoms with Crippen molar-refractivity contribution in [2.75, 3.05) is 19.7 Å². The summed E-state index contributed by atoms with van der Waals surface area (Å²) < 4.78 is 7.81. The molecule has 0 bridgehead atoms. The van der Waals surface area contributed by atoms with Gasteiger partial charge in [-0.2, -0.15) is 0 Å². The molecule has 1 aromatic rings. The van der Waals surface area contributed by atoms with E-state index in [9.17, 15) is 4.79 Å². The van der Waals surface area contributed by atoms with Crippen LogP contribution in [0.5, 0.6) is 0 Å². The highest BCUT2D eigenvalue weighted by molar-refractivity contribution is 5.81. The first-order valence-corrected chi connectivity index (χ1v) is 9.29. The minimum absolute atomic E-state index is 0.179. The molecular weight excluding hydrogens is 304 g/mol. The molecule has 1 amide bonds. The van der Waals surface area contributed by atoms with Crippen LogP contribution in [0.15, 0.2) is 12.4 Å². The Morgan fingerprint density at radius 1 is 1.46 bits per heavy atom. The SMILES string of the molecule is Cn1ccnc1CN(C(=O)C1CCCCO1)C1CC12CCNCC2. The first kappa shape index (κ1) is 16.1. The van der Waals surface area contributed by atoms with E-state index >= 15 is 0 Å². The van der Waals surface area contributed by atoms with E-state index in [1.807, 2.05) is 24.0 Å². The summed E-state index contributed by atoms with van der Waals surface area (Å²) in [6.45, 7) is 3.45. The fourth-order valence-electron chi connectivity index (χ4n) is 4.39. The monoisotopic (exact) mass is 332 g/mol. The zero-order valence-corrected chi connectivity index (χ0v) is 14.5. The van der Waals surface area contributed by atoms with Gasteiger partial charge in [-0.1, -0.05) is 0 Å². The van der Waals surface area contributed by atoms with E-state index in [0.717, 1.165) is 44.6 Å². The summed E-state index contributed by atoms with van der Waals surface area (Å²) in [5.74, 6) is 1.13. The third kappa shape index (κ3) is 2.97. The zero-order valence-electron chi connectivity index (χ0n) is 14.5. The number of imidazole rings is 1. The number of hydrogen-bond acceptors (Lipinski definition) is 4. The van der Waals surface area contributed by atoms with E-state index in [1.54, 1.807) is 0 Å². The number of nitrogens with zero attached hydrogens (tertiary/aromatic N) is 3. The predicted octanol–water partition coefficient (Wildman–Crippen LogP) is 1.46.